The van der Waals surface area contributed by atoms with Crippen LogP contribution >= 0.6 is 0 Å². The third kappa shape index (κ3) is 5.39. The second-order valence-corrected chi connectivity index (χ2v) is 6.19. The summed E-state index contributed by atoms with van der Waals surface area (Å²) in [5.74, 6) is 3.27. The van der Waals surface area contributed by atoms with Crippen molar-refractivity contribution in [3.63, 3.8) is 0 Å². The van der Waals surface area contributed by atoms with Crippen molar-refractivity contribution < 1.29 is 0 Å². The molecule has 1 atom stereocenters. The normalized spacial score (nSPS) is 27.4. The van der Waals surface area contributed by atoms with Crippen LogP contribution in [-0.2, 0) is 0 Å². The lowest BCUT2D eigenvalue weighted by atomic mass is 9.81. The molecule has 0 amide bonds. The van der Waals surface area contributed by atoms with Gasteiger partial charge in [0, 0.05) is 0 Å². The van der Waals surface area contributed by atoms with Crippen molar-refractivity contribution in [1.29, 1.82) is 0 Å². The average molecular weight is 240 g/mol. The molecule has 1 unspecified atom stereocenters. The molecule has 17 heavy (non-hydrogen) atoms. The van der Waals surface area contributed by atoms with Crippen LogP contribution < -0.4 is 11.1 Å². The molecule has 0 aliphatic heterocycles. The first kappa shape index (κ1) is 15.0. The van der Waals surface area contributed by atoms with E-state index in [1.807, 2.05) is 0 Å². The Balaban J connectivity index is 2.11. The molecule has 1 fully saturated rings. The molecule has 102 valence electrons. The van der Waals surface area contributed by atoms with Crippen LogP contribution in [0.15, 0.2) is 0 Å². The van der Waals surface area contributed by atoms with E-state index in [2.05, 4.69) is 26.1 Å². The molecule has 2 heteroatoms. The Morgan fingerprint density at radius 1 is 1.12 bits per heavy atom. The fourth-order valence-corrected chi connectivity index (χ4v) is 2.91. The molecule has 0 saturated heterocycles. The van der Waals surface area contributed by atoms with Gasteiger partial charge in [-0.3, -0.25) is 0 Å². The third-order valence-electron chi connectivity index (χ3n) is 4.63. The Morgan fingerprint density at radius 2 is 1.71 bits per heavy atom. The van der Waals surface area contributed by atoms with Crippen LogP contribution in [0.5, 0.6) is 0 Å². The monoisotopic (exact) mass is 240 g/mol. The van der Waals surface area contributed by atoms with Crippen LogP contribution in [-0.4, -0.2) is 19.6 Å². The minimum Gasteiger partial charge on any atom is -0.330 e. The summed E-state index contributed by atoms with van der Waals surface area (Å²) in [6.07, 6.45) is 7.14. The minimum atomic E-state index is 0.641. The largest absolute Gasteiger partial charge is 0.330 e. The SMILES string of the molecule is CCC1CCC(CNCC(CN)C(C)C)CC1. The molecule has 2 nitrogen and oxygen atoms in total. The summed E-state index contributed by atoms with van der Waals surface area (Å²) in [5.41, 5.74) is 5.79. The van der Waals surface area contributed by atoms with Crippen molar-refractivity contribution in [2.24, 2.45) is 29.4 Å². The molecule has 1 aliphatic rings. The van der Waals surface area contributed by atoms with E-state index in [-0.39, 0.29) is 0 Å². The Bertz CT molecular complexity index is 183. The van der Waals surface area contributed by atoms with Crippen molar-refractivity contribution in [2.45, 2.75) is 52.9 Å². The summed E-state index contributed by atoms with van der Waals surface area (Å²) in [5, 5.41) is 3.64. The first-order valence-electron chi connectivity index (χ1n) is 7.58. The highest BCUT2D eigenvalue weighted by molar-refractivity contribution is 4.74. The lowest BCUT2D eigenvalue weighted by Gasteiger charge is -2.29. The molecule has 0 radical (unpaired) electrons. The van der Waals surface area contributed by atoms with Gasteiger partial charge in [-0.2, -0.15) is 0 Å². The second-order valence-electron chi connectivity index (χ2n) is 6.19. The van der Waals surface area contributed by atoms with E-state index >= 15 is 0 Å². The fourth-order valence-electron chi connectivity index (χ4n) is 2.91. The molecule has 0 aromatic rings. The van der Waals surface area contributed by atoms with Crippen molar-refractivity contribution in [3.05, 3.63) is 0 Å². The first-order chi connectivity index (χ1) is 8.17. The number of hydrogen-bond acceptors (Lipinski definition) is 2. The molecule has 0 aromatic carbocycles. The summed E-state index contributed by atoms with van der Waals surface area (Å²) in [7, 11) is 0. The topological polar surface area (TPSA) is 38.0 Å². The second kappa shape index (κ2) is 8.10. The molecule has 0 aromatic heterocycles. The first-order valence-corrected chi connectivity index (χ1v) is 7.58. The predicted molar refractivity (Wildman–Crippen MR) is 76.0 cm³/mol. The number of nitrogens with two attached hydrogens (primary N) is 1. The van der Waals surface area contributed by atoms with Gasteiger partial charge in [-0.25, -0.2) is 0 Å². The van der Waals surface area contributed by atoms with E-state index in [1.165, 1.54) is 38.6 Å². The molecule has 0 spiro atoms. The number of nitrogens with one attached hydrogen (secondary N) is 1. The van der Waals surface area contributed by atoms with Crippen LogP contribution in [0.3, 0.4) is 0 Å². The molecular weight excluding hydrogens is 208 g/mol. The maximum Gasteiger partial charge on any atom is -0.000589 e. The van der Waals surface area contributed by atoms with Crippen LogP contribution in [0.4, 0.5) is 0 Å². The smallest absolute Gasteiger partial charge is 0.000589 e. The zero-order valence-corrected chi connectivity index (χ0v) is 12.0. The van der Waals surface area contributed by atoms with E-state index in [0.29, 0.717) is 11.8 Å². The molecule has 1 rings (SSSR count). The third-order valence-corrected chi connectivity index (χ3v) is 4.63. The Morgan fingerprint density at radius 3 is 2.18 bits per heavy atom. The standard InChI is InChI=1S/C15H32N2/c1-4-13-5-7-14(8-6-13)10-17-11-15(9-16)12(2)3/h12-15,17H,4-11,16H2,1-3H3. The zero-order valence-electron chi connectivity index (χ0n) is 12.0. The van der Waals surface area contributed by atoms with Crippen molar-refractivity contribution in [1.82, 2.24) is 5.32 Å². The molecular formula is C15H32N2. The maximum absolute atomic E-state index is 5.79. The molecule has 3 N–H and O–H groups in total. The van der Waals surface area contributed by atoms with Crippen molar-refractivity contribution >= 4 is 0 Å². The van der Waals surface area contributed by atoms with Gasteiger partial charge in [-0.1, -0.05) is 40.0 Å². The van der Waals surface area contributed by atoms with Gasteiger partial charge < -0.3 is 11.1 Å². The van der Waals surface area contributed by atoms with Gasteiger partial charge in [0.1, 0.15) is 0 Å². The van der Waals surface area contributed by atoms with Crippen LogP contribution in [0.2, 0.25) is 0 Å². The summed E-state index contributed by atoms with van der Waals surface area (Å²) >= 11 is 0. The van der Waals surface area contributed by atoms with Gasteiger partial charge in [0.25, 0.3) is 0 Å². The zero-order chi connectivity index (χ0) is 12.7. The van der Waals surface area contributed by atoms with Gasteiger partial charge in [0.05, 0.1) is 0 Å². The fraction of sp³-hybridized carbons (Fsp3) is 1.00. The Hall–Kier alpha value is -0.0800. The highest BCUT2D eigenvalue weighted by Crippen LogP contribution is 2.30. The summed E-state index contributed by atoms with van der Waals surface area (Å²) < 4.78 is 0. The minimum absolute atomic E-state index is 0.641. The molecule has 1 aliphatic carbocycles. The van der Waals surface area contributed by atoms with Gasteiger partial charge >= 0.3 is 0 Å². The quantitative estimate of drug-likeness (QED) is 0.718. The van der Waals surface area contributed by atoms with Crippen LogP contribution in [0.1, 0.15) is 52.9 Å². The van der Waals surface area contributed by atoms with Gasteiger partial charge in [-0.15, -0.1) is 0 Å². The summed E-state index contributed by atoms with van der Waals surface area (Å²) in [4.78, 5) is 0. The van der Waals surface area contributed by atoms with E-state index in [9.17, 15) is 0 Å². The van der Waals surface area contributed by atoms with E-state index < -0.39 is 0 Å². The highest BCUT2D eigenvalue weighted by Gasteiger charge is 2.20. The molecule has 0 heterocycles. The summed E-state index contributed by atoms with van der Waals surface area (Å²) in [6.45, 7) is 9.99. The van der Waals surface area contributed by atoms with Crippen molar-refractivity contribution in [2.75, 3.05) is 19.6 Å². The lowest BCUT2D eigenvalue weighted by Crippen LogP contribution is -2.35. The van der Waals surface area contributed by atoms with E-state index in [1.54, 1.807) is 0 Å². The lowest BCUT2D eigenvalue weighted by molar-refractivity contribution is 0.255. The number of hydrogen-bond donors (Lipinski definition) is 2. The van der Waals surface area contributed by atoms with Gasteiger partial charge in [0.15, 0.2) is 0 Å². The van der Waals surface area contributed by atoms with Crippen LogP contribution in [0.25, 0.3) is 0 Å². The van der Waals surface area contributed by atoms with Gasteiger partial charge in [-0.05, 0) is 56.1 Å². The Kier molecular flexibility index (Phi) is 7.14. The molecule has 1 saturated carbocycles. The van der Waals surface area contributed by atoms with E-state index in [4.69, 9.17) is 5.73 Å². The maximum atomic E-state index is 5.79. The highest BCUT2D eigenvalue weighted by atomic mass is 14.9. The van der Waals surface area contributed by atoms with Crippen molar-refractivity contribution in [3.8, 4) is 0 Å². The van der Waals surface area contributed by atoms with Crippen LogP contribution in [0, 0.1) is 23.7 Å². The molecule has 0 bridgehead atoms. The van der Waals surface area contributed by atoms with E-state index in [0.717, 1.165) is 24.9 Å². The average Bonchev–Trinajstić information content (AvgIpc) is 2.35. The summed E-state index contributed by atoms with van der Waals surface area (Å²) in [6, 6.07) is 0. The Labute approximate surface area is 108 Å². The van der Waals surface area contributed by atoms with Gasteiger partial charge in [0.2, 0.25) is 0 Å². The number of rotatable bonds is 7. The predicted octanol–water partition coefficient (Wildman–Crippen LogP) is 3.02.